The normalized spacial score (nSPS) is 11.2. The molecule has 29 heavy (non-hydrogen) atoms. The summed E-state index contributed by atoms with van der Waals surface area (Å²) in [6.07, 6.45) is 5.99. The minimum atomic E-state index is 0.147. The lowest BCUT2D eigenvalue weighted by atomic mass is 10.4. The van der Waals surface area contributed by atoms with Gasteiger partial charge in [0.2, 0.25) is 5.95 Å². The average molecular weight is 399 g/mol. The van der Waals surface area contributed by atoms with E-state index in [1.807, 2.05) is 4.90 Å². The molecule has 3 rings (SSSR count). The van der Waals surface area contributed by atoms with E-state index < -0.39 is 0 Å². The third-order valence-electron chi connectivity index (χ3n) is 3.73. The van der Waals surface area contributed by atoms with Crippen LogP contribution < -0.4 is 10.6 Å². The number of azo groups is 1. The molecular formula is C16H21N11O2. The number of nitrogens with zero attached hydrogens (tertiary/aromatic N) is 10. The summed E-state index contributed by atoms with van der Waals surface area (Å²) in [4.78, 5) is 22.5. The molecule has 0 fully saturated rings. The molecule has 0 amide bonds. The second-order valence-corrected chi connectivity index (χ2v) is 5.67. The van der Waals surface area contributed by atoms with Crippen molar-refractivity contribution in [2.75, 3.05) is 51.2 Å². The third kappa shape index (κ3) is 5.46. The van der Waals surface area contributed by atoms with Gasteiger partial charge in [-0.25, -0.2) is 19.6 Å². The second-order valence-electron chi connectivity index (χ2n) is 5.67. The van der Waals surface area contributed by atoms with Gasteiger partial charge in [-0.05, 0) is 0 Å². The third-order valence-corrected chi connectivity index (χ3v) is 3.73. The maximum Gasteiger partial charge on any atom is 0.287 e. The molecule has 0 atom stereocenters. The van der Waals surface area contributed by atoms with Crippen LogP contribution in [0.15, 0.2) is 41.3 Å². The molecule has 0 saturated carbocycles. The standard InChI is InChI=1S/C16H21N11O2/c1-28-7-5-26(6-8-29-2)16-19-9-12(14(17)22-16)23-24-15-21-11-27(25-15)13-3-4-18-10-20-13/h3-4,9-11H,5-8H2,1-2H3,(H2,17,19,22). The zero-order valence-electron chi connectivity index (χ0n) is 16.1. The van der Waals surface area contributed by atoms with Gasteiger partial charge in [0.1, 0.15) is 18.3 Å². The SMILES string of the molecule is COCCN(CCOC)c1ncc(N=Nc2ncn(-c3ccncn3)n2)c(N)n1. The van der Waals surface area contributed by atoms with Gasteiger partial charge in [0.05, 0.1) is 19.4 Å². The molecule has 3 aromatic heterocycles. The number of rotatable bonds is 10. The van der Waals surface area contributed by atoms with Crippen LogP contribution in [0.5, 0.6) is 0 Å². The minimum absolute atomic E-state index is 0.147. The molecular weight excluding hydrogens is 378 g/mol. The van der Waals surface area contributed by atoms with Crippen molar-refractivity contribution in [1.82, 2.24) is 34.7 Å². The number of hydrogen-bond donors (Lipinski definition) is 1. The van der Waals surface area contributed by atoms with E-state index in [2.05, 4.69) is 40.2 Å². The molecule has 3 heterocycles. The number of hydrogen-bond acceptors (Lipinski definition) is 12. The van der Waals surface area contributed by atoms with E-state index >= 15 is 0 Å². The monoisotopic (exact) mass is 399 g/mol. The van der Waals surface area contributed by atoms with Crippen molar-refractivity contribution in [3.63, 3.8) is 0 Å². The zero-order valence-corrected chi connectivity index (χ0v) is 16.1. The number of ether oxygens (including phenoxy) is 2. The Morgan fingerprint density at radius 1 is 1.10 bits per heavy atom. The number of methoxy groups -OCH3 is 2. The van der Waals surface area contributed by atoms with Gasteiger partial charge in [-0.3, -0.25) is 0 Å². The van der Waals surface area contributed by atoms with E-state index in [1.54, 1.807) is 26.5 Å². The van der Waals surface area contributed by atoms with Crippen LogP contribution in [0.1, 0.15) is 0 Å². The summed E-state index contributed by atoms with van der Waals surface area (Å²) in [5.41, 5.74) is 6.33. The predicted octanol–water partition coefficient (Wildman–Crippen LogP) is 0.944. The first-order valence-corrected chi connectivity index (χ1v) is 8.66. The lowest BCUT2D eigenvalue weighted by molar-refractivity contribution is 0.189. The van der Waals surface area contributed by atoms with Crippen molar-refractivity contribution in [2.45, 2.75) is 0 Å². The molecule has 0 saturated heterocycles. The summed E-state index contributed by atoms with van der Waals surface area (Å²) in [7, 11) is 3.26. The molecule has 0 bridgehead atoms. The Balaban J connectivity index is 1.72. The molecule has 0 aliphatic rings. The van der Waals surface area contributed by atoms with E-state index in [9.17, 15) is 0 Å². The minimum Gasteiger partial charge on any atom is -0.383 e. The fourth-order valence-electron chi connectivity index (χ4n) is 2.25. The van der Waals surface area contributed by atoms with Crippen LogP contribution in [0, 0.1) is 0 Å². The summed E-state index contributed by atoms with van der Waals surface area (Å²) < 4.78 is 11.7. The van der Waals surface area contributed by atoms with E-state index in [4.69, 9.17) is 15.2 Å². The Kier molecular flexibility index (Phi) is 7.02. The van der Waals surface area contributed by atoms with Crippen molar-refractivity contribution in [3.05, 3.63) is 31.1 Å². The average Bonchev–Trinajstić information content (AvgIpc) is 3.23. The highest BCUT2D eigenvalue weighted by molar-refractivity contribution is 5.58. The quantitative estimate of drug-likeness (QED) is 0.487. The molecule has 0 aliphatic heterocycles. The van der Waals surface area contributed by atoms with E-state index in [0.717, 1.165) is 0 Å². The largest absolute Gasteiger partial charge is 0.383 e. The maximum atomic E-state index is 6.02. The lowest BCUT2D eigenvalue weighted by Crippen LogP contribution is -2.32. The second kappa shape index (κ2) is 10.1. The molecule has 0 radical (unpaired) electrons. The summed E-state index contributed by atoms with van der Waals surface area (Å²) in [6, 6.07) is 1.69. The number of aromatic nitrogens is 7. The van der Waals surface area contributed by atoms with Crippen molar-refractivity contribution < 1.29 is 9.47 Å². The van der Waals surface area contributed by atoms with Gasteiger partial charge in [-0.2, -0.15) is 9.97 Å². The lowest BCUT2D eigenvalue weighted by Gasteiger charge is -2.22. The summed E-state index contributed by atoms with van der Waals surface area (Å²) >= 11 is 0. The highest BCUT2D eigenvalue weighted by Gasteiger charge is 2.12. The van der Waals surface area contributed by atoms with Crippen LogP contribution in [-0.4, -0.2) is 75.2 Å². The van der Waals surface area contributed by atoms with Gasteiger partial charge >= 0.3 is 0 Å². The maximum absolute atomic E-state index is 6.02. The Bertz CT molecular complexity index is 924. The molecule has 13 nitrogen and oxygen atoms in total. The van der Waals surface area contributed by atoms with Crippen LogP contribution in [0.3, 0.4) is 0 Å². The first kappa shape index (κ1) is 20.2. The number of nitrogen functional groups attached to an aromatic ring is 1. The van der Waals surface area contributed by atoms with Crippen LogP contribution in [0.2, 0.25) is 0 Å². The molecule has 0 aliphatic carbocycles. The van der Waals surface area contributed by atoms with Crippen molar-refractivity contribution in [1.29, 1.82) is 0 Å². The molecule has 0 spiro atoms. The fraction of sp³-hybridized carbons (Fsp3) is 0.375. The van der Waals surface area contributed by atoms with Gasteiger partial charge in [0, 0.05) is 39.6 Å². The summed E-state index contributed by atoms with van der Waals surface area (Å²) in [5, 5.41) is 12.2. The van der Waals surface area contributed by atoms with Gasteiger partial charge in [0.25, 0.3) is 5.95 Å². The van der Waals surface area contributed by atoms with Crippen LogP contribution in [0.25, 0.3) is 5.82 Å². The molecule has 13 heteroatoms. The van der Waals surface area contributed by atoms with E-state index in [1.165, 1.54) is 23.5 Å². The van der Waals surface area contributed by atoms with Gasteiger partial charge in [0.15, 0.2) is 11.6 Å². The van der Waals surface area contributed by atoms with Gasteiger partial charge in [-0.15, -0.1) is 15.3 Å². The number of anilines is 2. The topological polar surface area (TPSA) is 155 Å². The molecule has 0 aromatic carbocycles. The highest BCUT2D eigenvalue weighted by Crippen LogP contribution is 2.23. The Labute approximate surface area is 166 Å². The molecule has 2 N–H and O–H groups in total. The molecule has 152 valence electrons. The van der Waals surface area contributed by atoms with Crippen LogP contribution in [-0.2, 0) is 9.47 Å². The van der Waals surface area contributed by atoms with Crippen LogP contribution in [0.4, 0.5) is 23.4 Å². The van der Waals surface area contributed by atoms with E-state index in [-0.39, 0.29) is 11.8 Å². The number of nitrogens with two attached hydrogens (primary N) is 1. The summed E-state index contributed by atoms with van der Waals surface area (Å²) in [6.45, 7) is 2.25. The first-order valence-electron chi connectivity index (χ1n) is 8.66. The Morgan fingerprint density at radius 2 is 1.90 bits per heavy atom. The van der Waals surface area contributed by atoms with Crippen molar-refractivity contribution >= 4 is 23.4 Å². The molecule has 0 unspecified atom stereocenters. The van der Waals surface area contributed by atoms with Crippen molar-refractivity contribution in [3.8, 4) is 5.82 Å². The fourth-order valence-corrected chi connectivity index (χ4v) is 2.25. The molecule has 3 aromatic rings. The Morgan fingerprint density at radius 3 is 2.55 bits per heavy atom. The smallest absolute Gasteiger partial charge is 0.287 e. The van der Waals surface area contributed by atoms with Crippen LogP contribution >= 0.6 is 0 Å². The van der Waals surface area contributed by atoms with E-state index in [0.29, 0.717) is 43.8 Å². The highest BCUT2D eigenvalue weighted by atomic mass is 16.5. The zero-order chi connectivity index (χ0) is 20.5. The summed E-state index contributed by atoms with van der Waals surface area (Å²) in [5.74, 6) is 1.36. The Hall–Kier alpha value is -3.58. The van der Waals surface area contributed by atoms with Gasteiger partial charge in [-0.1, -0.05) is 0 Å². The van der Waals surface area contributed by atoms with Gasteiger partial charge < -0.3 is 20.1 Å². The first-order chi connectivity index (χ1) is 14.2. The predicted molar refractivity (Wildman–Crippen MR) is 104 cm³/mol. The van der Waals surface area contributed by atoms with Crippen molar-refractivity contribution in [2.24, 2.45) is 10.2 Å².